The van der Waals surface area contributed by atoms with E-state index in [1.807, 2.05) is 18.2 Å². The lowest BCUT2D eigenvalue weighted by Crippen LogP contribution is -2.02. The number of rotatable bonds is 4. The van der Waals surface area contributed by atoms with Crippen LogP contribution in [0, 0.1) is 11.6 Å². The first-order valence-corrected chi connectivity index (χ1v) is 7.32. The van der Waals surface area contributed by atoms with Gasteiger partial charge >= 0.3 is 0 Å². The van der Waals surface area contributed by atoms with Crippen LogP contribution in [0.4, 0.5) is 8.78 Å². The lowest BCUT2D eigenvalue weighted by molar-refractivity contribution is 0.577. The second-order valence-corrected chi connectivity index (χ2v) is 5.92. The molecule has 0 atom stereocenters. The normalized spacial score (nSPS) is 10.7. The summed E-state index contributed by atoms with van der Waals surface area (Å²) in [5.41, 5.74) is 6.61. The Balaban J connectivity index is 2.25. The molecule has 5 heteroatoms. The van der Waals surface area contributed by atoms with E-state index >= 15 is 0 Å². The Kier molecular flexibility index (Phi) is 4.96. The fraction of sp³-hybridized carbons (Fsp3) is 0.143. The number of hydrogen-bond donors (Lipinski definition) is 1. The van der Waals surface area contributed by atoms with Crippen LogP contribution < -0.4 is 5.73 Å². The van der Waals surface area contributed by atoms with E-state index in [0.717, 1.165) is 33.5 Å². The minimum absolute atomic E-state index is 0.271. The highest BCUT2D eigenvalue weighted by Gasteiger charge is 2.09. The molecule has 0 aliphatic heterocycles. The molecular weight excluding hydrogens is 332 g/mol. The number of benzene rings is 2. The first kappa shape index (κ1) is 14.5. The van der Waals surface area contributed by atoms with Crippen LogP contribution in [0.1, 0.15) is 5.56 Å². The minimum Gasteiger partial charge on any atom is -0.330 e. The Morgan fingerprint density at radius 3 is 2.53 bits per heavy atom. The zero-order valence-corrected chi connectivity index (χ0v) is 12.4. The standard InChI is InChI=1S/C14H12BrF2NS/c15-11-7-9(5-6-18)1-4-13(11)19-14-8-10(16)2-3-12(14)17/h1-4,7-8H,5-6,18H2. The van der Waals surface area contributed by atoms with E-state index in [1.165, 1.54) is 17.8 Å². The molecule has 0 aromatic heterocycles. The van der Waals surface area contributed by atoms with Crippen molar-refractivity contribution >= 4 is 27.7 Å². The lowest BCUT2D eigenvalue weighted by atomic mass is 10.2. The Bertz CT molecular complexity index is 590. The van der Waals surface area contributed by atoms with Gasteiger partial charge in [-0.3, -0.25) is 0 Å². The van der Waals surface area contributed by atoms with Crippen molar-refractivity contribution < 1.29 is 8.78 Å². The van der Waals surface area contributed by atoms with Gasteiger partial charge in [-0.1, -0.05) is 17.8 Å². The molecule has 0 aliphatic rings. The molecule has 0 bridgehead atoms. The third-order valence-corrected chi connectivity index (χ3v) is 4.57. The van der Waals surface area contributed by atoms with Crippen molar-refractivity contribution in [2.75, 3.05) is 6.54 Å². The average Bonchev–Trinajstić information content (AvgIpc) is 2.37. The summed E-state index contributed by atoms with van der Waals surface area (Å²) in [5.74, 6) is -0.871. The van der Waals surface area contributed by atoms with Crippen molar-refractivity contribution in [3.05, 3.63) is 58.1 Å². The van der Waals surface area contributed by atoms with Crippen LogP contribution in [0.25, 0.3) is 0 Å². The van der Waals surface area contributed by atoms with Crippen LogP contribution in [0.15, 0.2) is 50.7 Å². The fourth-order valence-electron chi connectivity index (χ4n) is 1.62. The van der Waals surface area contributed by atoms with Gasteiger partial charge in [-0.2, -0.15) is 0 Å². The molecule has 0 aliphatic carbocycles. The van der Waals surface area contributed by atoms with Gasteiger partial charge < -0.3 is 5.73 Å². The zero-order chi connectivity index (χ0) is 13.8. The van der Waals surface area contributed by atoms with Gasteiger partial charge in [-0.25, -0.2) is 8.78 Å². The highest BCUT2D eigenvalue weighted by atomic mass is 79.9. The van der Waals surface area contributed by atoms with Crippen molar-refractivity contribution in [3.8, 4) is 0 Å². The molecule has 2 rings (SSSR count). The first-order chi connectivity index (χ1) is 9.10. The van der Waals surface area contributed by atoms with Gasteiger partial charge in [-0.05, 0) is 64.8 Å². The summed E-state index contributed by atoms with van der Waals surface area (Å²) in [5, 5.41) is 0. The Hall–Kier alpha value is -0.910. The van der Waals surface area contributed by atoms with Gasteiger partial charge in [-0.15, -0.1) is 0 Å². The van der Waals surface area contributed by atoms with Crippen LogP contribution >= 0.6 is 27.7 Å². The molecule has 0 fully saturated rings. The highest BCUT2D eigenvalue weighted by Crippen LogP contribution is 2.35. The summed E-state index contributed by atoms with van der Waals surface area (Å²) in [6.07, 6.45) is 0.790. The smallest absolute Gasteiger partial charge is 0.137 e. The SMILES string of the molecule is NCCc1ccc(Sc2cc(F)ccc2F)c(Br)c1. The van der Waals surface area contributed by atoms with Crippen molar-refractivity contribution in [3.63, 3.8) is 0 Å². The van der Waals surface area contributed by atoms with Gasteiger partial charge in [0.2, 0.25) is 0 Å². The molecule has 1 nitrogen and oxygen atoms in total. The highest BCUT2D eigenvalue weighted by molar-refractivity contribution is 9.10. The van der Waals surface area contributed by atoms with Gasteiger partial charge in [0.1, 0.15) is 11.6 Å². The maximum atomic E-state index is 13.6. The maximum Gasteiger partial charge on any atom is 0.137 e. The topological polar surface area (TPSA) is 26.0 Å². The summed E-state index contributed by atoms with van der Waals surface area (Å²) >= 11 is 4.63. The predicted octanol–water partition coefficient (Wildman–Crippen LogP) is 4.38. The quantitative estimate of drug-likeness (QED) is 0.891. The van der Waals surface area contributed by atoms with Crippen LogP contribution in [-0.4, -0.2) is 6.54 Å². The Morgan fingerprint density at radius 1 is 1.05 bits per heavy atom. The molecule has 2 aromatic rings. The molecule has 0 saturated heterocycles. The largest absolute Gasteiger partial charge is 0.330 e. The monoisotopic (exact) mass is 343 g/mol. The fourth-order valence-corrected chi connectivity index (χ4v) is 3.16. The lowest BCUT2D eigenvalue weighted by Gasteiger charge is -2.07. The van der Waals surface area contributed by atoms with Gasteiger partial charge in [0.15, 0.2) is 0 Å². The van der Waals surface area contributed by atoms with E-state index in [9.17, 15) is 8.78 Å². The zero-order valence-electron chi connectivity index (χ0n) is 10.00. The van der Waals surface area contributed by atoms with Crippen LogP contribution in [0.3, 0.4) is 0 Å². The summed E-state index contributed by atoms with van der Waals surface area (Å²) in [6, 6.07) is 9.21. The molecule has 0 unspecified atom stereocenters. The molecule has 2 N–H and O–H groups in total. The molecule has 2 aromatic carbocycles. The molecule has 19 heavy (non-hydrogen) atoms. The van der Waals surface area contributed by atoms with E-state index in [-0.39, 0.29) is 4.90 Å². The minimum atomic E-state index is -0.445. The van der Waals surface area contributed by atoms with Crippen molar-refractivity contribution in [2.24, 2.45) is 5.73 Å². The van der Waals surface area contributed by atoms with Crippen molar-refractivity contribution in [2.45, 2.75) is 16.2 Å². The second kappa shape index (κ2) is 6.50. The number of nitrogens with two attached hydrogens (primary N) is 1. The van der Waals surface area contributed by atoms with E-state index in [1.54, 1.807) is 0 Å². The van der Waals surface area contributed by atoms with Crippen LogP contribution in [0.2, 0.25) is 0 Å². The third kappa shape index (κ3) is 3.78. The van der Waals surface area contributed by atoms with Crippen molar-refractivity contribution in [1.82, 2.24) is 0 Å². The van der Waals surface area contributed by atoms with E-state index < -0.39 is 11.6 Å². The van der Waals surface area contributed by atoms with E-state index in [0.29, 0.717) is 6.54 Å². The summed E-state index contributed by atoms with van der Waals surface area (Å²) < 4.78 is 27.5. The number of hydrogen-bond acceptors (Lipinski definition) is 2. The molecule has 0 amide bonds. The van der Waals surface area contributed by atoms with E-state index in [2.05, 4.69) is 15.9 Å². The van der Waals surface area contributed by atoms with Crippen LogP contribution in [-0.2, 0) is 6.42 Å². The summed E-state index contributed by atoms with van der Waals surface area (Å²) in [6.45, 7) is 0.581. The predicted molar refractivity (Wildman–Crippen MR) is 77.4 cm³/mol. The summed E-state index contributed by atoms with van der Waals surface area (Å²) in [4.78, 5) is 1.11. The second-order valence-electron chi connectivity index (χ2n) is 3.98. The Labute approximate surface area is 123 Å². The van der Waals surface area contributed by atoms with Crippen molar-refractivity contribution in [1.29, 1.82) is 0 Å². The average molecular weight is 344 g/mol. The first-order valence-electron chi connectivity index (χ1n) is 5.71. The molecule has 100 valence electrons. The third-order valence-electron chi connectivity index (χ3n) is 2.54. The molecular formula is C14H12BrF2NS. The van der Waals surface area contributed by atoms with Gasteiger partial charge in [0.25, 0.3) is 0 Å². The molecule has 0 heterocycles. The molecule has 0 spiro atoms. The van der Waals surface area contributed by atoms with Gasteiger partial charge in [0, 0.05) is 9.37 Å². The number of halogens is 3. The summed E-state index contributed by atoms with van der Waals surface area (Å²) in [7, 11) is 0. The Morgan fingerprint density at radius 2 is 1.84 bits per heavy atom. The van der Waals surface area contributed by atoms with Crippen LogP contribution in [0.5, 0.6) is 0 Å². The molecule has 0 saturated carbocycles. The van der Waals surface area contributed by atoms with E-state index in [4.69, 9.17) is 5.73 Å². The molecule has 0 radical (unpaired) electrons. The van der Waals surface area contributed by atoms with Gasteiger partial charge in [0.05, 0.1) is 4.90 Å². The maximum absolute atomic E-state index is 13.6.